The van der Waals surface area contributed by atoms with Gasteiger partial charge in [-0.05, 0) is 31.5 Å². The molecule has 1 fully saturated rings. The molecular formula is C17H20F3N3. The maximum Gasteiger partial charge on any atom is 0.391 e. The van der Waals surface area contributed by atoms with Gasteiger partial charge in [0.15, 0.2) is 0 Å². The fraction of sp³-hybridized carbons (Fsp3) is 0.471. The Morgan fingerprint density at radius 1 is 1.04 bits per heavy atom. The molecule has 6 heteroatoms. The largest absolute Gasteiger partial charge is 0.391 e. The fourth-order valence-corrected chi connectivity index (χ4v) is 3.03. The summed E-state index contributed by atoms with van der Waals surface area (Å²) in [6.07, 6.45) is -0.0187. The van der Waals surface area contributed by atoms with Crippen molar-refractivity contribution in [1.29, 1.82) is 0 Å². The van der Waals surface area contributed by atoms with Crippen molar-refractivity contribution in [3.8, 4) is 0 Å². The lowest BCUT2D eigenvalue weighted by Gasteiger charge is -2.32. The van der Waals surface area contributed by atoms with Crippen molar-refractivity contribution in [3.05, 3.63) is 54.1 Å². The maximum atomic E-state index is 12.7. The highest BCUT2D eigenvalue weighted by Gasteiger charge is 2.41. The Balaban J connectivity index is 1.59. The Hall–Kier alpha value is -1.82. The Morgan fingerprint density at radius 3 is 2.39 bits per heavy atom. The quantitative estimate of drug-likeness (QED) is 0.855. The lowest BCUT2D eigenvalue weighted by Crippen LogP contribution is -2.39. The number of rotatable bonds is 4. The van der Waals surface area contributed by atoms with Gasteiger partial charge in [-0.3, -0.25) is 4.90 Å². The van der Waals surface area contributed by atoms with E-state index in [2.05, 4.69) is 26.6 Å². The summed E-state index contributed by atoms with van der Waals surface area (Å²) in [4.78, 5) is 6.43. The first-order chi connectivity index (χ1) is 11.0. The molecule has 0 N–H and O–H groups in total. The van der Waals surface area contributed by atoms with Crippen LogP contribution in [0.1, 0.15) is 24.2 Å². The predicted molar refractivity (Wildman–Crippen MR) is 81.8 cm³/mol. The molecule has 2 aromatic rings. The zero-order chi connectivity index (χ0) is 16.3. The molecule has 0 unspecified atom stereocenters. The first kappa shape index (κ1) is 16.1. The van der Waals surface area contributed by atoms with Crippen LogP contribution in [-0.4, -0.2) is 33.7 Å². The highest BCUT2D eigenvalue weighted by molar-refractivity contribution is 5.15. The van der Waals surface area contributed by atoms with Crippen molar-refractivity contribution >= 4 is 0 Å². The van der Waals surface area contributed by atoms with Gasteiger partial charge in [0, 0.05) is 18.9 Å². The van der Waals surface area contributed by atoms with Crippen LogP contribution in [0.25, 0.3) is 0 Å². The van der Waals surface area contributed by atoms with E-state index < -0.39 is 12.1 Å². The van der Waals surface area contributed by atoms with Crippen molar-refractivity contribution < 1.29 is 13.2 Å². The average molecular weight is 323 g/mol. The monoisotopic (exact) mass is 323 g/mol. The highest BCUT2D eigenvalue weighted by atomic mass is 19.4. The third-order valence-corrected chi connectivity index (χ3v) is 4.41. The normalized spacial score (nSPS) is 17.5. The van der Waals surface area contributed by atoms with Gasteiger partial charge in [-0.25, -0.2) is 4.98 Å². The summed E-state index contributed by atoms with van der Waals surface area (Å²) >= 11 is 0. The van der Waals surface area contributed by atoms with Crippen molar-refractivity contribution in [1.82, 2.24) is 14.5 Å². The number of benzene rings is 1. The molecule has 0 radical (unpaired) electrons. The second-order valence-electron chi connectivity index (χ2n) is 6.05. The number of hydrogen-bond acceptors (Lipinski definition) is 2. The van der Waals surface area contributed by atoms with E-state index in [-0.39, 0.29) is 12.8 Å². The summed E-state index contributed by atoms with van der Waals surface area (Å²) in [5, 5.41) is 0. The number of aromatic nitrogens is 2. The van der Waals surface area contributed by atoms with Crippen LogP contribution in [-0.2, 0) is 13.1 Å². The van der Waals surface area contributed by atoms with Gasteiger partial charge >= 0.3 is 6.18 Å². The van der Waals surface area contributed by atoms with E-state index in [0.29, 0.717) is 19.6 Å². The minimum atomic E-state index is -4.06. The van der Waals surface area contributed by atoms with Crippen LogP contribution < -0.4 is 0 Å². The van der Waals surface area contributed by atoms with Crippen LogP contribution in [0, 0.1) is 5.92 Å². The number of imidazole rings is 1. The van der Waals surface area contributed by atoms with Crippen molar-refractivity contribution in [3.63, 3.8) is 0 Å². The van der Waals surface area contributed by atoms with Crippen LogP contribution in [0.5, 0.6) is 0 Å². The summed E-state index contributed by atoms with van der Waals surface area (Å²) in [6, 6.07) is 10.1. The van der Waals surface area contributed by atoms with E-state index in [1.165, 1.54) is 5.56 Å². The number of nitrogens with zero attached hydrogens (tertiary/aromatic N) is 3. The molecule has 23 heavy (non-hydrogen) atoms. The van der Waals surface area contributed by atoms with Gasteiger partial charge in [0.2, 0.25) is 0 Å². The van der Waals surface area contributed by atoms with E-state index in [1.807, 2.05) is 24.4 Å². The highest BCUT2D eigenvalue weighted by Crippen LogP contribution is 2.34. The first-order valence-corrected chi connectivity index (χ1v) is 7.85. The minimum absolute atomic E-state index is 0.183. The average Bonchev–Trinajstić information content (AvgIpc) is 2.95. The Kier molecular flexibility index (Phi) is 4.71. The molecule has 3 nitrogen and oxygen atoms in total. The summed E-state index contributed by atoms with van der Waals surface area (Å²) < 4.78 is 40.2. The van der Waals surface area contributed by atoms with E-state index in [1.54, 1.807) is 6.20 Å². The molecule has 1 aromatic heterocycles. The third kappa shape index (κ3) is 4.13. The van der Waals surface area contributed by atoms with Crippen molar-refractivity contribution in [2.45, 2.75) is 32.1 Å². The summed E-state index contributed by atoms with van der Waals surface area (Å²) in [7, 11) is 0. The van der Waals surface area contributed by atoms with Crippen molar-refractivity contribution in [2.24, 2.45) is 5.92 Å². The van der Waals surface area contributed by atoms with Gasteiger partial charge in [-0.1, -0.05) is 30.3 Å². The molecule has 0 saturated carbocycles. The number of hydrogen-bond donors (Lipinski definition) is 0. The van der Waals surface area contributed by atoms with E-state index in [4.69, 9.17) is 0 Å². The second kappa shape index (κ2) is 6.74. The third-order valence-electron chi connectivity index (χ3n) is 4.41. The Bertz CT molecular complexity index is 614. The summed E-state index contributed by atoms with van der Waals surface area (Å²) in [5.74, 6) is -0.248. The van der Waals surface area contributed by atoms with Crippen LogP contribution in [0.4, 0.5) is 13.2 Å². The number of alkyl halides is 3. The number of halogens is 3. The molecule has 3 rings (SSSR count). The molecule has 1 saturated heterocycles. The van der Waals surface area contributed by atoms with E-state index in [0.717, 1.165) is 12.4 Å². The van der Waals surface area contributed by atoms with Gasteiger partial charge in [0.1, 0.15) is 5.82 Å². The zero-order valence-electron chi connectivity index (χ0n) is 12.8. The predicted octanol–water partition coefficient (Wildman–Crippen LogP) is 3.71. The first-order valence-electron chi connectivity index (χ1n) is 7.85. The van der Waals surface area contributed by atoms with Gasteiger partial charge in [-0.15, -0.1) is 0 Å². The zero-order valence-corrected chi connectivity index (χ0v) is 12.8. The smallest absolute Gasteiger partial charge is 0.329 e. The van der Waals surface area contributed by atoms with Crippen LogP contribution >= 0.6 is 0 Å². The molecule has 0 amide bonds. The van der Waals surface area contributed by atoms with Gasteiger partial charge in [-0.2, -0.15) is 13.2 Å². The van der Waals surface area contributed by atoms with Gasteiger partial charge < -0.3 is 4.57 Å². The lowest BCUT2D eigenvalue weighted by molar-refractivity contribution is -0.185. The summed E-state index contributed by atoms with van der Waals surface area (Å²) in [6.45, 7) is 2.28. The van der Waals surface area contributed by atoms with E-state index in [9.17, 15) is 13.2 Å². The lowest BCUT2D eigenvalue weighted by atomic mass is 9.96. The molecule has 1 aromatic carbocycles. The SMILES string of the molecule is FC(F)(F)C1CCN(Cc2nccn2Cc2ccccc2)CC1. The molecule has 0 bridgehead atoms. The Morgan fingerprint density at radius 2 is 1.74 bits per heavy atom. The summed E-state index contributed by atoms with van der Waals surface area (Å²) in [5.41, 5.74) is 1.18. The van der Waals surface area contributed by atoms with Crippen LogP contribution in [0.2, 0.25) is 0 Å². The van der Waals surface area contributed by atoms with Crippen LogP contribution in [0.3, 0.4) is 0 Å². The fourth-order valence-electron chi connectivity index (χ4n) is 3.03. The topological polar surface area (TPSA) is 21.1 Å². The molecule has 1 aliphatic heterocycles. The van der Waals surface area contributed by atoms with Gasteiger partial charge in [0.25, 0.3) is 0 Å². The standard InChI is InChI=1S/C17H20F3N3/c18-17(19,20)15-6-9-22(10-7-15)13-16-21-8-11-23(16)12-14-4-2-1-3-5-14/h1-5,8,11,15H,6-7,9-10,12-13H2. The van der Waals surface area contributed by atoms with E-state index >= 15 is 0 Å². The Labute approximate surface area is 133 Å². The van der Waals surface area contributed by atoms with Crippen LogP contribution in [0.15, 0.2) is 42.7 Å². The molecule has 0 aliphatic carbocycles. The second-order valence-corrected chi connectivity index (χ2v) is 6.05. The molecule has 124 valence electrons. The molecular weight excluding hydrogens is 303 g/mol. The maximum absolute atomic E-state index is 12.7. The molecule has 1 aliphatic rings. The number of piperidine rings is 1. The molecule has 0 atom stereocenters. The molecule has 0 spiro atoms. The van der Waals surface area contributed by atoms with Gasteiger partial charge in [0.05, 0.1) is 12.5 Å². The van der Waals surface area contributed by atoms with Crippen molar-refractivity contribution in [2.75, 3.05) is 13.1 Å². The number of likely N-dealkylation sites (tertiary alicyclic amines) is 1. The minimum Gasteiger partial charge on any atom is -0.329 e. The molecule has 2 heterocycles.